The smallest absolute Gasteiger partial charge is 0.308 e. The molecule has 1 aromatic carbocycles. The quantitative estimate of drug-likeness (QED) is 0.837. The molecule has 0 saturated carbocycles. The number of hydrogen-bond acceptors (Lipinski definition) is 3. The third-order valence-electron chi connectivity index (χ3n) is 1.87. The minimum Gasteiger partial charge on any atom is -0.308 e. The van der Waals surface area contributed by atoms with Crippen LogP contribution in [0.15, 0.2) is 35.7 Å². The number of nitrogens with one attached hydrogen (secondary N) is 2. The molecule has 16 heavy (non-hydrogen) atoms. The molecule has 2 rings (SSSR count). The molecule has 0 radical (unpaired) electrons. The van der Waals surface area contributed by atoms with E-state index >= 15 is 0 Å². The van der Waals surface area contributed by atoms with Crippen LogP contribution in [0, 0.1) is 6.92 Å². The normalized spacial score (nSPS) is 9.81. The van der Waals surface area contributed by atoms with Gasteiger partial charge in [-0.1, -0.05) is 18.2 Å². The SMILES string of the molecule is Cc1csc(NC(=O)Nc2ccccc2)n1. The third-order valence-corrected chi connectivity index (χ3v) is 2.75. The fourth-order valence-electron chi connectivity index (χ4n) is 1.19. The zero-order valence-electron chi connectivity index (χ0n) is 8.73. The summed E-state index contributed by atoms with van der Waals surface area (Å²) >= 11 is 1.41. The summed E-state index contributed by atoms with van der Waals surface area (Å²) in [6, 6.07) is 9.00. The molecule has 0 saturated heterocycles. The van der Waals surface area contributed by atoms with E-state index in [0.29, 0.717) is 5.13 Å². The Hall–Kier alpha value is -1.88. The first-order valence-electron chi connectivity index (χ1n) is 4.79. The summed E-state index contributed by atoms with van der Waals surface area (Å²) < 4.78 is 0. The number of aromatic nitrogens is 1. The third kappa shape index (κ3) is 2.80. The maximum Gasteiger partial charge on any atom is 0.325 e. The molecule has 2 amide bonds. The standard InChI is InChI=1S/C11H11N3OS/c1-8-7-16-11(12-8)14-10(15)13-9-5-3-2-4-6-9/h2-7H,1H3,(H2,12,13,14,15). The highest BCUT2D eigenvalue weighted by Gasteiger charge is 2.04. The second kappa shape index (κ2) is 4.76. The molecule has 0 fully saturated rings. The average Bonchev–Trinajstić information content (AvgIpc) is 2.65. The van der Waals surface area contributed by atoms with Gasteiger partial charge in [-0.3, -0.25) is 5.32 Å². The largest absolute Gasteiger partial charge is 0.325 e. The Morgan fingerprint density at radius 3 is 2.62 bits per heavy atom. The number of benzene rings is 1. The average molecular weight is 233 g/mol. The maximum absolute atomic E-state index is 11.5. The van der Waals surface area contributed by atoms with Crippen molar-refractivity contribution in [3.05, 3.63) is 41.4 Å². The molecule has 0 aliphatic carbocycles. The lowest BCUT2D eigenvalue weighted by molar-refractivity contribution is 0.262. The topological polar surface area (TPSA) is 54.0 Å². The van der Waals surface area contributed by atoms with E-state index in [9.17, 15) is 4.79 Å². The van der Waals surface area contributed by atoms with Gasteiger partial charge in [0.25, 0.3) is 0 Å². The molecule has 0 atom stereocenters. The van der Waals surface area contributed by atoms with Gasteiger partial charge in [-0.05, 0) is 19.1 Å². The second-order valence-corrected chi connectivity index (χ2v) is 4.10. The van der Waals surface area contributed by atoms with Crippen LogP contribution < -0.4 is 10.6 Å². The van der Waals surface area contributed by atoms with Gasteiger partial charge in [-0.2, -0.15) is 0 Å². The number of aryl methyl sites for hydroxylation is 1. The first kappa shape index (κ1) is 10.6. The van der Waals surface area contributed by atoms with Crippen LogP contribution in [-0.4, -0.2) is 11.0 Å². The van der Waals surface area contributed by atoms with Crippen LogP contribution in [0.5, 0.6) is 0 Å². The first-order valence-corrected chi connectivity index (χ1v) is 5.67. The predicted octanol–water partition coefficient (Wildman–Crippen LogP) is 3.10. The summed E-state index contributed by atoms with van der Waals surface area (Å²) in [4.78, 5) is 15.7. The number of nitrogens with zero attached hydrogens (tertiary/aromatic N) is 1. The molecule has 1 heterocycles. The molecule has 5 heteroatoms. The molecule has 2 N–H and O–H groups in total. The number of rotatable bonds is 2. The summed E-state index contributed by atoms with van der Waals surface area (Å²) in [5.74, 6) is 0. The molecule has 0 unspecified atom stereocenters. The van der Waals surface area contributed by atoms with Gasteiger partial charge in [0.1, 0.15) is 0 Å². The monoisotopic (exact) mass is 233 g/mol. The Bertz CT molecular complexity index is 481. The summed E-state index contributed by atoms with van der Waals surface area (Å²) in [5.41, 5.74) is 1.66. The number of amides is 2. The summed E-state index contributed by atoms with van der Waals surface area (Å²) in [6.07, 6.45) is 0. The molecule has 82 valence electrons. The zero-order chi connectivity index (χ0) is 11.4. The fraction of sp³-hybridized carbons (Fsp3) is 0.0909. The summed E-state index contributed by atoms with van der Waals surface area (Å²) in [5, 5.41) is 7.87. The number of hydrogen-bond donors (Lipinski definition) is 2. The van der Waals surface area contributed by atoms with Gasteiger partial charge < -0.3 is 5.32 Å². The second-order valence-electron chi connectivity index (χ2n) is 3.24. The molecule has 0 aliphatic rings. The van der Waals surface area contributed by atoms with E-state index in [1.807, 2.05) is 42.6 Å². The van der Waals surface area contributed by atoms with E-state index < -0.39 is 0 Å². The number of carbonyl (C=O) groups excluding carboxylic acids is 1. The highest BCUT2D eigenvalue weighted by molar-refractivity contribution is 7.13. The summed E-state index contributed by atoms with van der Waals surface area (Å²) in [6.45, 7) is 1.89. The molecule has 0 bridgehead atoms. The van der Waals surface area contributed by atoms with Gasteiger partial charge in [0, 0.05) is 11.1 Å². The highest BCUT2D eigenvalue weighted by atomic mass is 32.1. The van der Waals surface area contributed by atoms with Crippen molar-refractivity contribution in [2.75, 3.05) is 10.6 Å². The lowest BCUT2D eigenvalue weighted by Gasteiger charge is -2.04. The molecular weight excluding hydrogens is 222 g/mol. The van der Waals surface area contributed by atoms with Gasteiger partial charge in [0.15, 0.2) is 5.13 Å². The van der Waals surface area contributed by atoms with Crippen molar-refractivity contribution in [3.8, 4) is 0 Å². The Morgan fingerprint density at radius 2 is 2.00 bits per heavy atom. The number of para-hydroxylation sites is 1. The van der Waals surface area contributed by atoms with E-state index in [0.717, 1.165) is 11.4 Å². The maximum atomic E-state index is 11.5. The van der Waals surface area contributed by atoms with Crippen molar-refractivity contribution >= 4 is 28.2 Å². The van der Waals surface area contributed by atoms with Crippen molar-refractivity contribution in [3.63, 3.8) is 0 Å². The Morgan fingerprint density at radius 1 is 1.25 bits per heavy atom. The predicted molar refractivity (Wildman–Crippen MR) is 65.9 cm³/mol. The lowest BCUT2D eigenvalue weighted by atomic mass is 10.3. The van der Waals surface area contributed by atoms with E-state index in [1.54, 1.807) is 0 Å². The molecule has 2 aromatic rings. The van der Waals surface area contributed by atoms with Crippen LogP contribution in [-0.2, 0) is 0 Å². The van der Waals surface area contributed by atoms with Crippen LogP contribution in [0.4, 0.5) is 15.6 Å². The molecular formula is C11H11N3OS. The van der Waals surface area contributed by atoms with Crippen LogP contribution in [0.1, 0.15) is 5.69 Å². The van der Waals surface area contributed by atoms with Crippen molar-refractivity contribution in [1.82, 2.24) is 4.98 Å². The van der Waals surface area contributed by atoms with E-state index in [4.69, 9.17) is 0 Å². The number of thiazole rings is 1. The highest BCUT2D eigenvalue weighted by Crippen LogP contribution is 2.14. The summed E-state index contributed by atoms with van der Waals surface area (Å²) in [7, 11) is 0. The van der Waals surface area contributed by atoms with E-state index in [2.05, 4.69) is 15.6 Å². The number of carbonyl (C=O) groups is 1. The van der Waals surface area contributed by atoms with Crippen LogP contribution in [0.2, 0.25) is 0 Å². The molecule has 0 spiro atoms. The minimum atomic E-state index is -0.277. The Balaban J connectivity index is 1.95. The first-order chi connectivity index (χ1) is 7.74. The zero-order valence-corrected chi connectivity index (χ0v) is 9.54. The van der Waals surface area contributed by atoms with Crippen molar-refractivity contribution in [2.45, 2.75) is 6.92 Å². The Kier molecular flexibility index (Phi) is 3.16. The van der Waals surface area contributed by atoms with Crippen molar-refractivity contribution in [2.24, 2.45) is 0 Å². The van der Waals surface area contributed by atoms with Crippen LogP contribution >= 0.6 is 11.3 Å². The van der Waals surface area contributed by atoms with Crippen LogP contribution in [0.25, 0.3) is 0 Å². The molecule has 4 nitrogen and oxygen atoms in total. The van der Waals surface area contributed by atoms with E-state index in [-0.39, 0.29) is 6.03 Å². The number of urea groups is 1. The Labute approximate surface area is 97.3 Å². The number of anilines is 2. The van der Waals surface area contributed by atoms with Gasteiger partial charge in [0.2, 0.25) is 0 Å². The molecule has 0 aliphatic heterocycles. The molecule has 1 aromatic heterocycles. The van der Waals surface area contributed by atoms with Crippen molar-refractivity contribution in [1.29, 1.82) is 0 Å². The van der Waals surface area contributed by atoms with Crippen molar-refractivity contribution < 1.29 is 4.79 Å². The van der Waals surface area contributed by atoms with Gasteiger partial charge in [0.05, 0.1) is 5.69 Å². The fourth-order valence-corrected chi connectivity index (χ4v) is 1.88. The van der Waals surface area contributed by atoms with Gasteiger partial charge in [-0.25, -0.2) is 9.78 Å². The van der Waals surface area contributed by atoms with Gasteiger partial charge in [-0.15, -0.1) is 11.3 Å². The van der Waals surface area contributed by atoms with E-state index in [1.165, 1.54) is 11.3 Å². The van der Waals surface area contributed by atoms with Crippen LogP contribution in [0.3, 0.4) is 0 Å². The van der Waals surface area contributed by atoms with Gasteiger partial charge >= 0.3 is 6.03 Å². The lowest BCUT2D eigenvalue weighted by Crippen LogP contribution is -2.19. The minimum absolute atomic E-state index is 0.277.